The fraction of sp³-hybridized carbons (Fsp3) is 0.188. The highest BCUT2D eigenvalue weighted by molar-refractivity contribution is 5.96. The molecule has 0 bridgehead atoms. The lowest BCUT2D eigenvalue weighted by Gasteiger charge is -2.12. The molecule has 1 aliphatic carbocycles. The summed E-state index contributed by atoms with van der Waals surface area (Å²) in [6.45, 7) is 0. The van der Waals surface area contributed by atoms with Crippen LogP contribution in [0.25, 0.3) is 0 Å². The smallest absolute Gasteiger partial charge is 0.0692 e. The van der Waals surface area contributed by atoms with E-state index >= 15 is 0 Å². The molecule has 1 N–H and O–H groups in total. The van der Waals surface area contributed by atoms with Crippen LogP contribution in [0, 0.1) is 0 Å². The molecule has 0 heterocycles. The van der Waals surface area contributed by atoms with Crippen molar-refractivity contribution in [1.29, 1.82) is 0 Å². The van der Waals surface area contributed by atoms with Crippen LogP contribution < -0.4 is 0 Å². The van der Waals surface area contributed by atoms with Crippen LogP contribution in [0.4, 0.5) is 0 Å². The Balaban J connectivity index is 1.95. The van der Waals surface area contributed by atoms with Crippen LogP contribution in [0.2, 0.25) is 0 Å². The van der Waals surface area contributed by atoms with Gasteiger partial charge < -0.3 is 5.21 Å². The minimum atomic E-state index is 0.216. The highest BCUT2D eigenvalue weighted by Gasteiger charge is 2.28. The Hall–Kier alpha value is -2.09. The molecule has 2 nitrogen and oxygen atoms in total. The lowest BCUT2D eigenvalue weighted by molar-refractivity contribution is 0.316. The Morgan fingerprint density at radius 2 is 1.72 bits per heavy atom. The Morgan fingerprint density at radius 3 is 2.50 bits per heavy atom. The highest BCUT2D eigenvalue weighted by atomic mass is 16.4. The van der Waals surface area contributed by atoms with Crippen molar-refractivity contribution in [2.24, 2.45) is 5.16 Å². The summed E-state index contributed by atoms with van der Waals surface area (Å²) in [6, 6.07) is 18.7. The molecular weight excluding hydrogens is 222 g/mol. The minimum absolute atomic E-state index is 0.216. The molecule has 0 aromatic heterocycles. The second-order valence-corrected chi connectivity index (χ2v) is 4.71. The molecule has 1 aliphatic rings. The minimum Gasteiger partial charge on any atom is -0.411 e. The molecule has 0 fully saturated rings. The summed E-state index contributed by atoms with van der Waals surface area (Å²) in [5.74, 6) is 0.216. The Bertz CT molecular complexity index is 575. The van der Waals surface area contributed by atoms with Crippen molar-refractivity contribution in [3.05, 3.63) is 71.3 Å². The molecule has 0 radical (unpaired) electrons. The molecule has 90 valence electrons. The van der Waals surface area contributed by atoms with Crippen molar-refractivity contribution in [3.63, 3.8) is 0 Å². The molecular formula is C16H15NO. The molecule has 0 amide bonds. The van der Waals surface area contributed by atoms with Crippen LogP contribution in [0.1, 0.15) is 22.6 Å². The van der Waals surface area contributed by atoms with Gasteiger partial charge in [-0.15, -0.1) is 0 Å². The highest BCUT2D eigenvalue weighted by Crippen LogP contribution is 2.33. The predicted molar refractivity (Wildman–Crippen MR) is 72.3 cm³/mol. The van der Waals surface area contributed by atoms with Crippen LogP contribution in [0.15, 0.2) is 59.8 Å². The summed E-state index contributed by atoms with van der Waals surface area (Å²) in [6.07, 6.45) is 1.67. The SMILES string of the molecule is O/N=C1\Cc2ccccc2C1Cc1ccccc1. The van der Waals surface area contributed by atoms with Crippen LogP contribution >= 0.6 is 0 Å². The molecule has 1 atom stereocenters. The molecule has 2 aromatic rings. The number of hydrogen-bond donors (Lipinski definition) is 1. The molecule has 1 unspecified atom stereocenters. The standard InChI is InChI=1S/C16H15NO/c18-17-16-11-13-8-4-5-9-14(13)15(16)10-12-6-2-1-3-7-12/h1-9,15,18H,10-11H2/b17-16+. The van der Waals surface area contributed by atoms with Crippen LogP contribution in [0.5, 0.6) is 0 Å². The largest absolute Gasteiger partial charge is 0.411 e. The number of fused-ring (bicyclic) bond motifs is 1. The van der Waals surface area contributed by atoms with Gasteiger partial charge in [0.1, 0.15) is 0 Å². The third-order valence-electron chi connectivity index (χ3n) is 3.62. The fourth-order valence-corrected chi connectivity index (χ4v) is 2.72. The summed E-state index contributed by atoms with van der Waals surface area (Å²) in [5, 5.41) is 12.7. The molecule has 0 saturated heterocycles. The zero-order valence-electron chi connectivity index (χ0n) is 10.1. The van der Waals surface area contributed by atoms with Crippen molar-refractivity contribution in [2.45, 2.75) is 18.8 Å². The predicted octanol–water partition coefficient (Wildman–Crippen LogP) is 3.40. The second-order valence-electron chi connectivity index (χ2n) is 4.71. The van der Waals surface area contributed by atoms with Gasteiger partial charge >= 0.3 is 0 Å². The average Bonchev–Trinajstić information content (AvgIpc) is 2.78. The third-order valence-corrected chi connectivity index (χ3v) is 3.62. The summed E-state index contributed by atoms with van der Waals surface area (Å²) in [5.41, 5.74) is 4.74. The van der Waals surface area contributed by atoms with Gasteiger partial charge in [0.15, 0.2) is 0 Å². The van der Waals surface area contributed by atoms with E-state index in [0.717, 1.165) is 18.6 Å². The average molecular weight is 237 g/mol. The second kappa shape index (κ2) is 4.65. The first-order chi connectivity index (χ1) is 8.88. The summed E-state index contributed by atoms with van der Waals surface area (Å²) in [7, 11) is 0. The molecule has 0 saturated carbocycles. The topological polar surface area (TPSA) is 32.6 Å². The van der Waals surface area contributed by atoms with Gasteiger partial charge in [-0.05, 0) is 23.1 Å². The molecule has 2 heteroatoms. The number of oxime groups is 1. The van der Waals surface area contributed by atoms with Crippen molar-refractivity contribution in [2.75, 3.05) is 0 Å². The third kappa shape index (κ3) is 1.90. The van der Waals surface area contributed by atoms with E-state index in [0.29, 0.717) is 0 Å². The van der Waals surface area contributed by atoms with E-state index in [4.69, 9.17) is 0 Å². The first kappa shape index (κ1) is 11.0. The van der Waals surface area contributed by atoms with Gasteiger partial charge in [-0.1, -0.05) is 59.8 Å². The molecule has 0 aliphatic heterocycles. The van der Waals surface area contributed by atoms with Gasteiger partial charge in [0.2, 0.25) is 0 Å². The number of hydrogen-bond acceptors (Lipinski definition) is 2. The van der Waals surface area contributed by atoms with Crippen molar-refractivity contribution in [3.8, 4) is 0 Å². The number of benzene rings is 2. The maximum absolute atomic E-state index is 9.17. The normalized spacial score (nSPS) is 20.0. The Labute approximate surface area is 107 Å². The van der Waals surface area contributed by atoms with Gasteiger partial charge in [0.05, 0.1) is 5.71 Å². The van der Waals surface area contributed by atoms with Crippen LogP contribution in [0.3, 0.4) is 0 Å². The van der Waals surface area contributed by atoms with Gasteiger partial charge in [-0.25, -0.2) is 0 Å². The Kier molecular flexibility index (Phi) is 2.85. The van der Waals surface area contributed by atoms with Crippen LogP contribution in [-0.4, -0.2) is 10.9 Å². The van der Waals surface area contributed by atoms with E-state index in [9.17, 15) is 5.21 Å². The maximum Gasteiger partial charge on any atom is 0.0692 e. The van der Waals surface area contributed by atoms with Crippen molar-refractivity contribution < 1.29 is 5.21 Å². The lowest BCUT2D eigenvalue weighted by atomic mass is 9.93. The van der Waals surface area contributed by atoms with E-state index < -0.39 is 0 Å². The number of nitrogens with zero attached hydrogens (tertiary/aromatic N) is 1. The molecule has 3 rings (SSSR count). The fourth-order valence-electron chi connectivity index (χ4n) is 2.72. The van der Waals surface area contributed by atoms with E-state index in [2.05, 4.69) is 35.5 Å². The van der Waals surface area contributed by atoms with E-state index in [-0.39, 0.29) is 5.92 Å². The molecule has 18 heavy (non-hydrogen) atoms. The van der Waals surface area contributed by atoms with Gasteiger partial charge in [0.25, 0.3) is 0 Å². The molecule has 2 aromatic carbocycles. The van der Waals surface area contributed by atoms with E-state index in [1.54, 1.807) is 0 Å². The van der Waals surface area contributed by atoms with Crippen LogP contribution in [-0.2, 0) is 12.8 Å². The van der Waals surface area contributed by atoms with Gasteiger partial charge in [0, 0.05) is 12.3 Å². The summed E-state index contributed by atoms with van der Waals surface area (Å²) < 4.78 is 0. The van der Waals surface area contributed by atoms with E-state index in [1.807, 2.05) is 24.3 Å². The van der Waals surface area contributed by atoms with E-state index in [1.165, 1.54) is 16.7 Å². The summed E-state index contributed by atoms with van der Waals surface area (Å²) >= 11 is 0. The lowest BCUT2D eigenvalue weighted by Crippen LogP contribution is -2.10. The zero-order valence-corrected chi connectivity index (χ0v) is 10.1. The monoisotopic (exact) mass is 237 g/mol. The summed E-state index contributed by atoms with van der Waals surface area (Å²) in [4.78, 5) is 0. The quantitative estimate of drug-likeness (QED) is 0.630. The first-order valence-corrected chi connectivity index (χ1v) is 6.21. The number of rotatable bonds is 2. The Morgan fingerprint density at radius 1 is 1.00 bits per heavy atom. The van der Waals surface area contributed by atoms with Gasteiger partial charge in [-0.2, -0.15) is 0 Å². The zero-order chi connectivity index (χ0) is 12.4. The van der Waals surface area contributed by atoms with Crippen molar-refractivity contribution >= 4 is 5.71 Å². The molecule has 0 spiro atoms. The first-order valence-electron chi connectivity index (χ1n) is 6.21. The maximum atomic E-state index is 9.17. The van der Waals surface area contributed by atoms with Gasteiger partial charge in [-0.3, -0.25) is 0 Å². The van der Waals surface area contributed by atoms with Crippen molar-refractivity contribution in [1.82, 2.24) is 0 Å².